The molecule has 25 heavy (non-hydrogen) atoms. The average molecular weight is 449 g/mol. The fourth-order valence-corrected chi connectivity index (χ4v) is 4.48. The average Bonchev–Trinajstić information content (AvgIpc) is 2.94. The van der Waals surface area contributed by atoms with Crippen LogP contribution in [0.25, 0.3) is 0 Å². The molecule has 4 rings (SSSR count). The van der Waals surface area contributed by atoms with E-state index in [2.05, 4.69) is 33.6 Å². The Morgan fingerprint density at radius 1 is 1.24 bits per heavy atom. The molecule has 0 radical (unpaired) electrons. The molecule has 2 aliphatic heterocycles. The summed E-state index contributed by atoms with van der Waals surface area (Å²) in [6, 6.07) is 13.4. The van der Waals surface area contributed by atoms with E-state index in [1.165, 1.54) is 0 Å². The van der Waals surface area contributed by atoms with Crippen molar-refractivity contribution < 1.29 is 14.6 Å². The highest BCUT2D eigenvalue weighted by atomic mass is 127. The molecule has 2 heterocycles. The number of benzene rings is 2. The number of rotatable bonds is 2. The lowest BCUT2D eigenvalue weighted by molar-refractivity contribution is -0.122. The molecule has 0 bridgehead atoms. The van der Waals surface area contributed by atoms with Gasteiger partial charge in [0.05, 0.1) is 12.1 Å². The molecule has 2 aromatic rings. The summed E-state index contributed by atoms with van der Waals surface area (Å²) in [4.78, 5) is 14.0. The van der Waals surface area contributed by atoms with Gasteiger partial charge in [0, 0.05) is 15.7 Å². The van der Waals surface area contributed by atoms with Crippen LogP contribution < -0.4 is 4.74 Å². The number of aliphatic hydroxyl groups is 1. The fourth-order valence-electron chi connectivity index (χ4n) is 3.96. The van der Waals surface area contributed by atoms with Crippen molar-refractivity contribution in [2.24, 2.45) is 0 Å². The van der Waals surface area contributed by atoms with E-state index < -0.39 is 11.7 Å². The van der Waals surface area contributed by atoms with Crippen LogP contribution in [0.2, 0.25) is 0 Å². The van der Waals surface area contributed by atoms with Crippen molar-refractivity contribution in [2.75, 3.05) is 0 Å². The highest BCUT2D eigenvalue weighted by molar-refractivity contribution is 14.1. The third-order valence-electron chi connectivity index (χ3n) is 5.24. The quantitative estimate of drug-likeness (QED) is 0.562. The molecule has 0 saturated heterocycles. The molecule has 2 aliphatic rings. The summed E-state index contributed by atoms with van der Waals surface area (Å²) in [5.41, 5.74) is 2.38. The van der Waals surface area contributed by atoms with Crippen molar-refractivity contribution in [1.82, 2.24) is 4.90 Å². The Morgan fingerprint density at radius 2 is 2.00 bits per heavy atom. The maximum Gasteiger partial charge on any atom is 0.141 e. The molecule has 0 amide bonds. The predicted molar refractivity (Wildman–Crippen MR) is 103 cm³/mol. The fraction of sp³-hybridized carbons (Fsp3) is 0.350. The van der Waals surface area contributed by atoms with Gasteiger partial charge in [-0.2, -0.15) is 0 Å². The zero-order chi connectivity index (χ0) is 17.8. The van der Waals surface area contributed by atoms with Crippen LogP contribution in [0.5, 0.6) is 5.75 Å². The molecule has 5 heteroatoms. The first-order chi connectivity index (χ1) is 11.9. The number of nitrogens with zero attached hydrogens (tertiary/aromatic N) is 1. The first-order valence-electron chi connectivity index (χ1n) is 8.38. The van der Waals surface area contributed by atoms with Crippen molar-refractivity contribution in [3.05, 3.63) is 62.7 Å². The summed E-state index contributed by atoms with van der Waals surface area (Å²) in [5.74, 6) is 0.779. The minimum absolute atomic E-state index is 0.295. The maximum atomic E-state index is 11.9. The Balaban J connectivity index is 1.84. The van der Waals surface area contributed by atoms with Gasteiger partial charge in [0.2, 0.25) is 0 Å². The van der Waals surface area contributed by atoms with E-state index in [4.69, 9.17) is 4.74 Å². The van der Waals surface area contributed by atoms with Crippen LogP contribution in [0, 0.1) is 3.57 Å². The summed E-state index contributed by atoms with van der Waals surface area (Å²) in [6.45, 7) is 4.43. The molecular formula is C20H20INO3. The van der Waals surface area contributed by atoms with Crippen LogP contribution >= 0.6 is 22.6 Å². The van der Waals surface area contributed by atoms with Gasteiger partial charge in [0.1, 0.15) is 23.7 Å². The Labute approximate surface area is 160 Å². The minimum atomic E-state index is -0.741. The van der Waals surface area contributed by atoms with Crippen molar-refractivity contribution in [3.63, 3.8) is 0 Å². The molecule has 3 atom stereocenters. The lowest BCUT2D eigenvalue weighted by Crippen LogP contribution is -2.53. The van der Waals surface area contributed by atoms with Crippen LogP contribution in [0.1, 0.15) is 42.6 Å². The van der Waals surface area contributed by atoms with E-state index in [0.29, 0.717) is 6.54 Å². The van der Waals surface area contributed by atoms with E-state index >= 15 is 0 Å². The molecule has 130 valence electrons. The molecule has 0 spiro atoms. The van der Waals surface area contributed by atoms with Crippen molar-refractivity contribution in [2.45, 2.75) is 44.2 Å². The molecule has 1 N–H and O–H groups in total. The van der Waals surface area contributed by atoms with Crippen molar-refractivity contribution in [3.8, 4) is 5.75 Å². The Bertz CT molecular complexity index is 835. The largest absolute Gasteiger partial charge is 0.485 e. The molecule has 3 unspecified atom stereocenters. The number of aliphatic hydroxyl groups excluding tert-OH is 1. The number of hydrogen-bond acceptors (Lipinski definition) is 4. The third-order valence-corrected chi connectivity index (χ3v) is 5.92. The number of ether oxygens (including phenoxy) is 1. The van der Waals surface area contributed by atoms with E-state index in [1.807, 2.05) is 50.2 Å². The molecule has 0 fully saturated rings. The monoisotopic (exact) mass is 449 g/mol. The van der Waals surface area contributed by atoms with Gasteiger partial charge in [0.25, 0.3) is 0 Å². The van der Waals surface area contributed by atoms with Crippen LogP contribution in [-0.2, 0) is 11.3 Å². The molecule has 2 aromatic carbocycles. The number of halogens is 1. The van der Waals surface area contributed by atoms with Gasteiger partial charge in [-0.1, -0.05) is 24.3 Å². The van der Waals surface area contributed by atoms with Gasteiger partial charge in [-0.15, -0.1) is 0 Å². The lowest BCUT2D eigenvalue weighted by atomic mass is 9.85. The van der Waals surface area contributed by atoms with E-state index in [9.17, 15) is 9.90 Å². The highest BCUT2D eigenvalue weighted by Gasteiger charge is 2.48. The smallest absolute Gasteiger partial charge is 0.141 e. The normalized spacial score (nSPS) is 27.3. The summed E-state index contributed by atoms with van der Waals surface area (Å²) in [6.07, 6.45) is 0.240. The second-order valence-electron chi connectivity index (χ2n) is 7.23. The second-order valence-corrected chi connectivity index (χ2v) is 8.48. The molecule has 4 nitrogen and oxygen atoms in total. The summed E-state index contributed by atoms with van der Waals surface area (Å²) in [7, 11) is 0. The van der Waals surface area contributed by atoms with Crippen LogP contribution in [0.15, 0.2) is 42.5 Å². The minimum Gasteiger partial charge on any atom is -0.485 e. The van der Waals surface area contributed by atoms with Gasteiger partial charge >= 0.3 is 0 Å². The van der Waals surface area contributed by atoms with E-state index in [-0.39, 0.29) is 12.1 Å². The van der Waals surface area contributed by atoms with Gasteiger partial charge < -0.3 is 14.6 Å². The van der Waals surface area contributed by atoms with E-state index in [0.717, 1.165) is 32.3 Å². The van der Waals surface area contributed by atoms with Gasteiger partial charge in [-0.25, -0.2) is 0 Å². The molecule has 0 aromatic heterocycles. The van der Waals surface area contributed by atoms with Crippen LogP contribution in [0.3, 0.4) is 0 Å². The zero-order valence-corrected chi connectivity index (χ0v) is 16.3. The number of fused-ring (bicyclic) bond motifs is 2. The van der Waals surface area contributed by atoms with Crippen molar-refractivity contribution >= 4 is 28.9 Å². The molecular weight excluding hydrogens is 429 g/mol. The number of carbonyl (C=O) groups is 1. The summed E-state index contributed by atoms with van der Waals surface area (Å²) >= 11 is 2.26. The predicted octanol–water partition coefficient (Wildman–Crippen LogP) is 3.62. The Morgan fingerprint density at radius 3 is 2.76 bits per heavy atom. The lowest BCUT2D eigenvalue weighted by Gasteiger charge is -2.46. The number of carbonyl (C=O) groups excluding carboxylic acids is 1. The summed E-state index contributed by atoms with van der Waals surface area (Å²) < 4.78 is 7.13. The standard InChI is InChI=1S/C20H20INO3/c1-20(2)19(24)18(15-9-13(21)7-8-17(15)25-20)22-10-12-5-3-4-6-14(12)16(22)11-23/h3-9,11,16,18-19,24H,10H2,1-2H3. The SMILES string of the molecule is CC1(C)Oc2ccc(I)cc2C(N2Cc3ccccc3C2C=O)C1O. The van der Waals surface area contributed by atoms with Gasteiger partial charge in [-0.3, -0.25) is 4.90 Å². The maximum absolute atomic E-state index is 11.9. The second kappa shape index (κ2) is 6.07. The van der Waals surface area contributed by atoms with Gasteiger partial charge in [-0.05, 0) is 65.8 Å². The van der Waals surface area contributed by atoms with Crippen LogP contribution in [0.4, 0.5) is 0 Å². The Kier molecular flexibility index (Phi) is 4.13. The van der Waals surface area contributed by atoms with Crippen molar-refractivity contribution in [1.29, 1.82) is 0 Å². The van der Waals surface area contributed by atoms with E-state index in [1.54, 1.807) is 0 Å². The third kappa shape index (κ3) is 2.69. The summed E-state index contributed by atoms with van der Waals surface area (Å²) in [5, 5.41) is 11.1. The molecule has 0 aliphatic carbocycles. The first-order valence-corrected chi connectivity index (χ1v) is 9.45. The number of hydrogen-bond donors (Lipinski definition) is 1. The Hall–Kier alpha value is -1.44. The van der Waals surface area contributed by atoms with Gasteiger partial charge in [0.15, 0.2) is 0 Å². The zero-order valence-electron chi connectivity index (χ0n) is 14.1. The first kappa shape index (κ1) is 17.0. The topological polar surface area (TPSA) is 49.8 Å². The molecule has 0 saturated carbocycles. The van der Waals surface area contributed by atoms with Crippen LogP contribution in [-0.4, -0.2) is 28.0 Å². The number of aldehydes is 1. The highest BCUT2D eigenvalue weighted by Crippen LogP contribution is 2.48.